The highest BCUT2D eigenvalue weighted by atomic mass is 32.1. The Bertz CT molecular complexity index is 638. The average molecular weight is 256 g/mol. The highest BCUT2D eigenvalue weighted by molar-refractivity contribution is 7.09. The fourth-order valence-corrected chi connectivity index (χ4v) is 2.96. The van der Waals surface area contributed by atoms with E-state index < -0.39 is 0 Å². The van der Waals surface area contributed by atoms with Crippen LogP contribution in [-0.4, -0.2) is 11.1 Å². The lowest BCUT2D eigenvalue weighted by atomic mass is 10.1. The fraction of sp³-hybridized carbons (Fsp3) is 0.200. The van der Waals surface area contributed by atoms with Gasteiger partial charge >= 0.3 is 0 Å². The van der Waals surface area contributed by atoms with Crippen LogP contribution in [0, 0.1) is 0 Å². The van der Waals surface area contributed by atoms with Crippen LogP contribution in [-0.2, 0) is 13.0 Å². The SMILES string of the molecule is NCCc1ccc2ccn(Cc3cccs3)c2c1. The summed E-state index contributed by atoms with van der Waals surface area (Å²) >= 11 is 1.80. The van der Waals surface area contributed by atoms with E-state index in [-0.39, 0.29) is 0 Å². The van der Waals surface area contributed by atoms with Gasteiger partial charge in [0.25, 0.3) is 0 Å². The van der Waals surface area contributed by atoms with Gasteiger partial charge in [0.15, 0.2) is 0 Å². The van der Waals surface area contributed by atoms with Crippen LogP contribution in [0.5, 0.6) is 0 Å². The second-order valence-electron chi connectivity index (χ2n) is 4.45. The van der Waals surface area contributed by atoms with Crippen molar-refractivity contribution in [2.75, 3.05) is 6.54 Å². The molecule has 0 spiro atoms. The molecule has 0 aliphatic heterocycles. The van der Waals surface area contributed by atoms with Gasteiger partial charge < -0.3 is 10.3 Å². The Morgan fingerprint density at radius 2 is 2.11 bits per heavy atom. The van der Waals surface area contributed by atoms with Crippen molar-refractivity contribution in [3.05, 3.63) is 58.4 Å². The number of nitrogens with zero attached hydrogens (tertiary/aromatic N) is 1. The second kappa shape index (κ2) is 4.96. The van der Waals surface area contributed by atoms with E-state index in [0.717, 1.165) is 13.0 Å². The van der Waals surface area contributed by atoms with Crippen LogP contribution in [0.25, 0.3) is 10.9 Å². The van der Waals surface area contributed by atoms with Crippen LogP contribution in [0.4, 0.5) is 0 Å². The van der Waals surface area contributed by atoms with Crippen molar-refractivity contribution >= 4 is 22.2 Å². The van der Waals surface area contributed by atoms with E-state index in [1.165, 1.54) is 21.3 Å². The molecular formula is C15H16N2S. The zero-order valence-electron chi connectivity index (χ0n) is 10.2. The normalized spacial score (nSPS) is 11.2. The summed E-state index contributed by atoms with van der Waals surface area (Å²) in [4.78, 5) is 1.39. The summed E-state index contributed by atoms with van der Waals surface area (Å²) in [6, 6.07) is 13.1. The molecule has 0 saturated carbocycles. The van der Waals surface area contributed by atoms with E-state index >= 15 is 0 Å². The predicted molar refractivity (Wildman–Crippen MR) is 78.1 cm³/mol. The summed E-state index contributed by atoms with van der Waals surface area (Å²) in [5.74, 6) is 0. The van der Waals surface area contributed by atoms with Crippen molar-refractivity contribution in [1.82, 2.24) is 4.57 Å². The zero-order chi connectivity index (χ0) is 12.4. The first kappa shape index (κ1) is 11.5. The summed E-state index contributed by atoms with van der Waals surface area (Å²) in [6.07, 6.45) is 3.11. The van der Waals surface area contributed by atoms with Gasteiger partial charge in [-0.05, 0) is 47.5 Å². The summed E-state index contributed by atoms with van der Waals surface area (Å²) in [7, 11) is 0. The van der Waals surface area contributed by atoms with E-state index in [2.05, 4.69) is 52.5 Å². The molecular weight excluding hydrogens is 240 g/mol. The number of thiophene rings is 1. The first-order valence-electron chi connectivity index (χ1n) is 6.17. The lowest BCUT2D eigenvalue weighted by Gasteiger charge is -2.05. The van der Waals surface area contributed by atoms with E-state index in [0.29, 0.717) is 6.54 Å². The molecule has 0 aliphatic carbocycles. The molecule has 0 saturated heterocycles. The van der Waals surface area contributed by atoms with Crippen LogP contribution in [0.15, 0.2) is 48.0 Å². The van der Waals surface area contributed by atoms with Gasteiger partial charge in [0.05, 0.1) is 6.54 Å². The van der Waals surface area contributed by atoms with E-state index in [1.54, 1.807) is 11.3 Å². The van der Waals surface area contributed by atoms with Crippen LogP contribution < -0.4 is 5.73 Å². The Morgan fingerprint density at radius 3 is 2.89 bits per heavy atom. The number of aromatic nitrogens is 1. The third-order valence-electron chi connectivity index (χ3n) is 3.18. The molecule has 3 heteroatoms. The van der Waals surface area contributed by atoms with Gasteiger partial charge in [0.2, 0.25) is 0 Å². The van der Waals surface area contributed by atoms with Crippen molar-refractivity contribution < 1.29 is 0 Å². The van der Waals surface area contributed by atoms with Crippen molar-refractivity contribution in [3.63, 3.8) is 0 Å². The molecule has 0 unspecified atom stereocenters. The summed E-state index contributed by atoms with van der Waals surface area (Å²) in [6.45, 7) is 1.66. The number of benzene rings is 1. The molecule has 0 fully saturated rings. The molecule has 3 aromatic rings. The topological polar surface area (TPSA) is 30.9 Å². The smallest absolute Gasteiger partial charge is 0.0569 e. The van der Waals surface area contributed by atoms with E-state index in [9.17, 15) is 0 Å². The molecule has 18 heavy (non-hydrogen) atoms. The minimum Gasteiger partial charge on any atom is -0.342 e. The fourth-order valence-electron chi connectivity index (χ4n) is 2.26. The lowest BCUT2D eigenvalue weighted by Crippen LogP contribution is -2.03. The molecule has 0 aliphatic rings. The van der Waals surface area contributed by atoms with Crippen molar-refractivity contribution in [2.45, 2.75) is 13.0 Å². The number of hydrogen-bond donors (Lipinski definition) is 1. The maximum absolute atomic E-state index is 5.62. The molecule has 3 rings (SSSR count). The average Bonchev–Trinajstić information content (AvgIpc) is 3.01. The van der Waals surface area contributed by atoms with Gasteiger partial charge in [-0.15, -0.1) is 11.3 Å². The molecule has 2 heterocycles. The molecule has 0 amide bonds. The molecule has 0 bridgehead atoms. The van der Waals surface area contributed by atoms with Crippen LogP contribution in [0.2, 0.25) is 0 Å². The Hall–Kier alpha value is -1.58. The maximum atomic E-state index is 5.62. The van der Waals surface area contributed by atoms with Gasteiger partial charge in [-0.1, -0.05) is 18.2 Å². The minimum absolute atomic E-state index is 0.705. The van der Waals surface area contributed by atoms with Gasteiger partial charge in [0, 0.05) is 16.6 Å². The number of rotatable bonds is 4. The predicted octanol–water partition coefficient (Wildman–Crippen LogP) is 3.25. The van der Waals surface area contributed by atoms with Crippen molar-refractivity contribution in [2.24, 2.45) is 5.73 Å². The van der Waals surface area contributed by atoms with Crippen molar-refractivity contribution in [3.8, 4) is 0 Å². The Kier molecular flexibility index (Phi) is 3.17. The van der Waals surface area contributed by atoms with Gasteiger partial charge in [-0.3, -0.25) is 0 Å². The molecule has 0 radical (unpaired) electrons. The zero-order valence-corrected chi connectivity index (χ0v) is 11.0. The number of hydrogen-bond acceptors (Lipinski definition) is 2. The summed E-state index contributed by atoms with van der Waals surface area (Å²) in [5, 5.41) is 3.42. The van der Waals surface area contributed by atoms with Gasteiger partial charge in [0.1, 0.15) is 0 Å². The van der Waals surface area contributed by atoms with Crippen LogP contribution in [0.3, 0.4) is 0 Å². The third kappa shape index (κ3) is 2.19. The first-order chi connectivity index (χ1) is 8.86. The molecule has 1 aromatic carbocycles. The highest BCUT2D eigenvalue weighted by Crippen LogP contribution is 2.20. The van der Waals surface area contributed by atoms with E-state index in [4.69, 9.17) is 5.73 Å². The Balaban J connectivity index is 1.98. The highest BCUT2D eigenvalue weighted by Gasteiger charge is 2.03. The van der Waals surface area contributed by atoms with E-state index in [1.807, 2.05) is 0 Å². The quantitative estimate of drug-likeness (QED) is 0.763. The monoisotopic (exact) mass is 256 g/mol. The largest absolute Gasteiger partial charge is 0.342 e. The Morgan fingerprint density at radius 1 is 1.17 bits per heavy atom. The molecule has 2 N–H and O–H groups in total. The second-order valence-corrected chi connectivity index (χ2v) is 5.49. The minimum atomic E-state index is 0.705. The van der Waals surface area contributed by atoms with Gasteiger partial charge in [-0.25, -0.2) is 0 Å². The van der Waals surface area contributed by atoms with Crippen LogP contribution >= 0.6 is 11.3 Å². The third-order valence-corrected chi connectivity index (χ3v) is 4.04. The molecule has 0 atom stereocenters. The Labute approximate surface area is 111 Å². The maximum Gasteiger partial charge on any atom is 0.0569 e. The number of nitrogens with two attached hydrogens (primary N) is 1. The summed E-state index contributed by atoms with van der Waals surface area (Å²) in [5.41, 5.74) is 8.24. The lowest BCUT2D eigenvalue weighted by molar-refractivity contribution is 0.850. The van der Waals surface area contributed by atoms with Crippen molar-refractivity contribution in [1.29, 1.82) is 0 Å². The van der Waals surface area contributed by atoms with Gasteiger partial charge in [-0.2, -0.15) is 0 Å². The molecule has 2 nitrogen and oxygen atoms in total. The number of fused-ring (bicyclic) bond motifs is 1. The first-order valence-corrected chi connectivity index (χ1v) is 7.05. The molecule has 92 valence electrons. The molecule has 2 aromatic heterocycles. The summed E-state index contributed by atoms with van der Waals surface area (Å²) < 4.78 is 2.31. The van der Waals surface area contributed by atoms with Crippen LogP contribution in [0.1, 0.15) is 10.4 Å². The standard InChI is InChI=1S/C15H16N2S/c16-7-5-12-3-4-13-6-8-17(15(13)10-12)11-14-2-1-9-18-14/h1-4,6,8-10H,5,7,11,16H2.